The molecule has 2 aromatic carbocycles. The summed E-state index contributed by atoms with van der Waals surface area (Å²) in [6.07, 6.45) is -2.28. The summed E-state index contributed by atoms with van der Waals surface area (Å²) in [7, 11) is 3.08. The van der Waals surface area contributed by atoms with Crippen LogP contribution in [0.4, 0.5) is 8.78 Å². The lowest BCUT2D eigenvalue weighted by Crippen LogP contribution is -2.08. The molecule has 3 rings (SSSR count). The van der Waals surface area contributed by atoms with Gasteiger partial charge in [0.25, 0.3) is 6.43 Å². The molecule has 1 unspecified atom stereocenters. The fourth-order valence-electron chi connectivity index (χ4n) is 3.12. The number of fused-ring (bicyclic) bond motifs is 1. The third-order valence-corrected chi connectivity index (χ3v) is 4.27. The van der Waals surface area contributed by atoms with E-state index in [0.717, 1.165) is 16.9 Å². The van der Waals surface area contributed by atoms with Crippen LogP contribution < -0.4 is 14.2 Å². The highest BCUT2D eigenvalue weighted by Crippen LogP contribution is 2.45. The Morgan fingerprint density at radius 1 is 1.08 bits per heavy atom. The van der Waals surface area contributed by atoms with E-state index >= 15 is 0 Å². The summed E-state index contributed by atoms with van der Waals surface area (Å²) in [5.74, 6) is 1.20. The molecule has 0 fully saturated rings. The first-order valence-electron chi connectivity index (χ1n) is 7.83. The first kappa shape index (κ1) is 17.2. The van der Waals surface area contributed by atoms with Gasteiger partial charge in [-0.1, -0.05) is 12.1 Å². The predicted molar refractivity (Wildman–Crippen MR) is 88.3 cm³/mol. The zero-order valence-electron chi connectivity index (χ0n) is 13.9. The zero-order chi connectivity index (χ0) is 18.0. The van der Waals surface area contributed by atoms with Crippen molar-refractivity contribution in [2.24, 2.45) is 0 Å². The van der Waals surface area contributed by atoms with Crippen LogP contribution in [0, 0.1) is 0 Å². The third kappa shape index (κ3) is 3.43. The number of carbonyl (C=O) groups excluding carboxylic acids is 1. The molecule has 25 heavy (non-hydrogen) atoms. The number of ether oxygens (including phenoxy) is 3. The molecule has 1 atom stereocenters. The van der Waals surface area contributed by atoms with Gasteiger partial charge in [0, 0.05) is 29.5 Å². The molecule has 1 aliphatic carbocycles. The molecule has 2 aromatic rings. The Hall–Kier alpha value is -2.63. The predicted octanol–water partition coefficient (Wildman–Crippen LogP) is 4.07. The van der Waals surface area contributed by atoms with Crippen LogP contribution in [0.2, 0.25) is 0 Å². The Balaban J connectivity index is 1.99. The minimum absolute atomic E-state index is 0.0587. The molecule has 4 nitrogen and oxygen atoms in total. The number of Topliss-reactive ketones (excluding diaryl/α,β-unsaturated/α-hetero) is 1. The highest BCUT2D eigenvalue weighted by molar-refractivity contribution is 6.03. The van der Waals surface area contributed by atoms with Crippen LogP contribution in [0.25, 0.3) is 0 Å². The average Bonchev–Trinajstić information content (AvgIpc) is 2.96. The second kappa shape index (κ2) is 7.09. The highest BCUT2D eigenvalue weighted by atomic mass is 19.3. The minimum atomic E-state index is -2.58. The van der Waals surface area contributed by atoms with E-state index < -0.39 is 13.0 Å². The van der Waals surface area contributed by atoms with Crippen molar-refractivity contribution in [1.29, 1.82) is 0 Å². The van der Waals surface area contributed by atoms with Gasteiger partial charge < -0.3 is 14.2 Å². The van der Waals surface area contributed by atoms with Crippen LogP contribution >= 0.6 is 0 Å². The standard InChI is InChI=1S/C19H18F2O4/c1-23-12-5-3-11(4-6-12)14-9-16(22)15-7-13(25-10-18(20)21)8-17(24-2)19(14)15/h3-8,14,18H,9-10H2,1-2H3. The molecule has 1 aliphatic rings. The molecule has 0 heterocycles. The molecule has 132 valence electrons. The van der Waals surface area contributed by atoms with Crippen molar-refractivity contribution in [2.45, 2.75) is 18.8 Å². The van der Waals surface area contributed by atoms with Crippen molar-refractivity contribution in [3.05, 3.63) is 53.1 Å². The first-order chi connectivity index (χ1) is 12.0. The van der Waals surface area contributed by atoms with E-state index in [2.05, 4.69) is 0 Å². The minimum Gasteiger partial charge on any atom is -0.497 e. The lowest BCUT2D eigenvalue weighted by Gasteiger charge is -2.16. The number of alkyl halides is 2. The van der Waals surface area contributed by atoms with Crippen molar-refractivity contribution in [3.8, 4) is 17.2 Å². The molecular weight excluding hydrogens is 330 g/mol. The van der Waals surface area contributed by atoms with Crippen LogP contribution in [-0.4, -0.2) is 33.0 Å². The fraction of sp³-hybridized carbons (Fsp3) is 0.316. The smallest absolute Gasteiger partial charge is 0.272 e. The van der Waals surface area contributed by atoms with Gasteiger partial charge in [0.2, 0.25) is 0 Å². The Bertz CT molecular complexity index is 772. The summed E-state index contributed by atoms with van der Waals surface area (Å²) < 4.78 is 40.4. The van der Waals surface area contributed by atoms with Crippen molar-refractivity contribution in [2.75, 3.05) is 20.8 Å². The number of hydrogen-bond acceptors (Lipinski definition) is 4. The van der Waals surface area contributed by atoms with E-state index in [4.69, 9.17) is 14.2 Å². The summed E-state index contributed by atoms with van der Waals surface area (Å²) in [6, 6.07) is 10.6. The monoisotopic (exact) mass is 348 g/mol. The van der Waals surface area contributed by atoms with Gasteiger partial charge in [-0.15, -0.1) is 0 Å². The molecule has 0 radical (unpaired) electrons. The van der Waals surface area contributed by atoms with E-state index in [9.17, 15) is 13.6 Å². The molecule has 0 N–H and O–H groups in total. The zero-order valence-corrected chi connectivity index (χ0v) is 13.9. The highest BCUT2D eigenvalue weighted by Gasteiger charge is 2.34. The lowest BCUT2D eigenvalue weighted by molar-refractivity contribution is 0.0817. The summed E-state index contributed by atoms with van der Waals surface area (Å²) >= 11 is 0. The number of hydrogen-bond donors (Lipinski definition) is 0. The van der Waals surface area contributed by atoms with E-state index in [1.165, 1.54) is 13.2 Å². The Kier molecular flexibility index (Phi) is 4.88. The summed E-state index contributed by atoms with van der Waals surface area (Å²) in [4.78, 5) is 12.4. The molecule has 0 saturated heterocycles. The van der Waals surface area contributed by atoms with Crippen molar-refractivity contribution in [1.82, 2.24) is 0 Å². The van der Waals surface area contributed by atoms with Crippen LogP contribution in [0.1, 0.15) is 33.8 Å². The van der Waals surface area contributed by atoms with Crippen molar-refractivity contribution >= 4 is 5.78 Å². The maximum absolute atomic E-state index is 12.4. The van der Waals surface area contributed by atoms with Gasteiger partial charge in [-0.2, -0.15) is 0 Å². The van der Waals surface area contributed by atoms with Gasteiger partial charge in [0.05, 0.1) is 14.2 Å². The van der Waals surface area contributed by atoms with E-state index in [0.29, 0.717) is 17.7 Å². The van der Waals surface area contributed by atoms with Crippen LogP contribution in [-0.2, 0) is 0 Å². The molecule has 0 bridgehead atoms. The van der Waals surface area contributed by atoms with E-state index in [1.54, 1.807) is 13.2 Å². The first-order valence-corrected chi connectivity index (χ1v) is 7.83. The lowest BCUT2D eigenvalue weighted by atomic mass is 9.92. The fourth-order valence-corrected chi connectivity index (χ4v) is 3.12. The van der Waals surface area contributed by atoms with Crippen LogP contribution in [0.15, 0.2) is 36.4 Å². The SMILES string of the molecule is COc1ccc(C2CC(=O)c3cc(OCC(F)F)cc(OC)c32)cc1. The largest absolute Gasteiger partial charge is 0.497 e. The van der Waals surface area contributed by atoms with E-state index in [-0.39, 0.29) is 17.5 Å². The van der Waals surface area contributed by atoms with Crippen molar-refractivity contribution < 1.29 is 27.8 Å². The second-order valence-corrected chi connectivity index (χ2v) is 5.74. The van der Waals surface area contributed by atoms with Gasteiger partial charge in [0.1, 0.15) is 23.9 Å². The summed E-state index contributed by atoms with van der Waals surface area (Å²) in [5, 5.41) is 0. The molecular formula is C19H18F2O4. The average molecular weight is 348 g/mol. The number of methoxy groups -OCH3 is 2. The molecule has 6 heteroatoms. The summed E-state index contributed by atoms with van der Waals surface area (Å²) in [5.41, 5.74) is 2.19. The molecule has 0 amide bonds. The molecule has 0 aromatic heterocycles. The van der Waals surface area contributed by atoms with Crippen LogP contribution in [0.5, 0.6) is 17.2 Å². The van der Waals surface area contributed by atoms with Gasteiger partial charge in [-0.3, -0.25) is 4.79 Å². The van der Waals surface area contributed by atoms with Gasteiger partial charge in [-0.05, 0) is 23.8 Å². The Labute approximate surface area is 144 Å². The maximum Gasteiger partial charge on any atom is 0.272 e. The number of halogens is 2. The Morgan fingerprint density at radius 3 is 2.40 bits per heavy atom. The summed E-state index contributed by atoms with van der Waals surface area (Å²) in [6.45, 7) is -0.724. The number of ketones is 1. The van der Waals surface area contributed by atoms with E-state index in [1.807, 2.05) is 24.3 Å². The number of rotatable bonds is 6. The van der Waals surface area contributed by atoms with Gasteiger partial charge >= 0.3 is 0 Å². The maximum atomic E-state index is 12.4. The third-order valence-electron chi connectivity index (χ3n) is 4.27. The van der Waals surface area contributed by atoms with Crippen molar-refractivity contribution in [3.63, 3.8) is 0 Å². The van der Waals surface area contributed by atoms with Gasteiger partial charge in [-0.25, -0.2) is 8.78 Å². The quantitative estimate of drug-likeness (QED) is 0.789. The normalized spacial score (nSPS) is 16.0. The van der Waals surface area contributed by atoms with Gasteiger partial charge in [0.15, 0.2) is 5.78 Å². The van der Waals surface area contributed by atoms with Crippen LogP contribution in [0.3, 0.4) is 0 Å². The topological polar surface area (TPSA) is 44.8 Å². The number of carbonyl (C=O) groups is 1. The Morgan fingerprint density at radius 2 is 1.80 bits per heavy atom. The molecule has 0 saturated carbocycles. The molecule has 0 spiro atoms. The number of benzene rings is 2. The second-order valence-electron chi connectivity index (χ2n) is 5.74. The molecule has 0 aliphatic heterocycles.